The molecule has 0 spiro atoms. The number of ketones is 1. The lowest BCUT2D eigenvalue weighted by Gasteiger charge is -2.37. The van der Waals surface area contributed by atoms with Crippen molar-refractivity contribution in [2.45, 2.75) is 50.1 Å². The van der Waals surface area contributed by atoms with Gasteiger partial charge in [-0.1, -0.05) is 48.5 Å². The summed E-state index contributed by atoms with van der Waals surface area (Å²) < 4.78 is 24.6. The van der Waals surface area contributed by atoms with Crippen molar-refractivity contribution in [1.82, 2.24) is 4.90 Å². The Morgan fingerprint density at radius 3 is 2.05 bits per heavy atom. The average molecular weight is 500 g/mol. The summed E-state index contributed by atoms with van der Waals surface area (Å²) in [4.78, 5) is 28.0. The fourth-order valence-corrected chi connectivity index (χ4v) is 6.41. The van der Waals surface area contributed by atoms with Crippen LogP contribution in [0.1, 0.15) is 49.1 Å². The van der Waals surface area contributed by atoms with Crippen molar-refractivity contribution >= 4 is 11.9 Å². The molecule has 6 heteroatoms. The van der Waals surface area contributed by atoms with Crippen LogP contribution >= 0.6 is 0 Å². The number of hydrogen-bond acceptors (Lipinski definition) is 4. The summed E-state index contributed by atoms with van der Waals surface area (Å²) in [5.74, 6) is 0.383. The van der Waals surface area contributed by atoms with Crippen LogP contribution in [-0.4, -0.2) is 42.1 Å². The van der Waals surface area contributed by atoms with E-state index >= 15 is 0 Å². The predicted octanol–water partition coefficient (Wildman–Crippen LogP) is 6.36. The van der Waals surface area contributed by atoms with Crippen molar-refractivity contribution < 1.29 is 23.5 Å². The minimum absolute atomic E-state index is 0.0363. The highest BCUT2D eigenvalue weighted by Gasteiger charge is 2.46. The van der Waals surface area contributed by atoms with Gasteiger partial charge in [-0.15, -0.1) is 0 Å². The summed E-state index contributed by atoms with van der Waals surface area (Å²) in [6, 6.07) is 22.5. The Morgan fingerprint density at radius 1 is 0.838 bits per heavy atom. The molecule has 3 aromatic carbocycles. The number of amides is 1. The van der Waals surface area contributed by atoms with Gasteiger partial charge in [0.15, 0.2) is 0 Å². The molecule has 2 aliphatic heterocycles. The number of nitrogens with zero attached hydrogens (tertiary/aromatic N) is 1. The fraction of sp³-hybridized carbons (Fsp3) is 0.355. The number of hydrogen-bond donors (Lipinski definition) is 0. The van der Waals surface area contributed by atoms with E-state index < -0.39 is 0 Å². The van der Waals surface area contributed by atoms with E-state index in [0.29, 0.717) is 31.6 Å². The molecule has 6 rings (SSSR count). The number of halogens is 1. The minimum Gasteiger partial charge on any atom is -0.493 e. The van der Waals surface area contributed by atoms with Crippen molar-refractivity contribution in [2.75, 3.05) is 13.2 Å². The molecule has 0 aromatic heterocycles. The van der Waals surface area contributed by atoms with Gasteiger partial charge in [0, 0.05) is 30.3 Å². The van der Waals surface area contributed by atoms with E-state index in [1.807, 2.05) is 29.2 Å². The molecule has 2 atom stereocenters. The van der Waals surface area contributed by atoms with Crippen LogP contribution in [-0.2, 0) is 9.53 Å². The van der Waals surface area contributed by atoms with Gasteiger partial charge < -0.3 is 14.4 Å². The van der Waals surface area contributed by atoms with Crippen molar-refractivity contribution in [3.63, 3.8) is 0 Å². The summed E-state index contributed by atoms with van der Waals surface area (Å²) >= 11 is 0. The molecule has 2 unspecified atom stereocenters. The molecular formula is C31H30FNO4. The van der Waals surface area contributed by atoms with E-state index in [9.17, 15) is 14.0 Å². The maximum Gasteiger partial charge on any atom is 0.410 e. The first-order valence-electron chi connectivity index (χ1n) is 13.1. The summed E-state index contributed by atoms with van der Waals surface area (Å²) in [5.41, 5.74) is 4.82. The second kappa shape index (κ2) is 10.0. The van der Waals surface area contributed by atoms with Crippen LogP contribution in [0.3, 0.4) is 0 Å². The Kier molecular flexibility index (Phi) is 6.41. The second-order valence-electron chi connectivity index (χ2n) is 10.3. The van der Waals surface area contributed by atoms with Crippen LogP contribution in [0.15, 0.2) is 72.8 Å². The third kappa shape index (κ3) is 4.61. The summed E-state index contributed by atoms with van der Waals surface area (Å²) in [5, 5.41) is 0. The zero-order chi connectivity index (χ0) is 25.4. The van der Waals surface area contributed by atoms with E-state index in [4.69, 9.17) is 9.47 Å². The lowest BCUT2D eigenvalue weighted by Crippen LogP contribution is -2.48. The van der Waals surface area contributed by atoms with Crippen molar-refractivity contribution in [1.29, 1.82) is 0 Å². The Hall–Kier alpha value is -3.67. The lowest BCUT2D eigenvalue weighted by atomic mass is 9.86. The van der Waals surface area contributed by atoms with Crippen LogP contribution in [0.2, 0.25) is 0 Å². The van der Waals surface area contributed by atoms with E-state index in [-0.39, 0.29) is 48.2 Å². The van der Waals surface area contributed by atoms with Crippen LogP contribution in [0.5, 0.6) is 5.75 Å². The van der Waals surface area contributed by atoms with Gasteiger partial charge in [0.2, 0.25) is 0 Å². The monoisotopic (exact) mass is 499 g/mol. The van der Waals surface area contributed by atoms with Gasteiger partial charge >= 0.3 is 6.09 Å². The number of Topliss-reactive ketones (excluding diaryl/α,β-unsaturated/α-hetero) is 1. The molecule has 37 heavy (non-hydrogen) atoms. The van der Waals surface area contributed by atoms with E-state index in [2.05, 4.69) is 24.3 Å². The zero-order valence-corrected chi connectivity index (χ0v) is 20.6. The van der Waals surface area contributed by atoms with Gasteiger partial charge in [-0.3, -0.25) is 4.79 Å². The SMILES string of the molecule is O=C(CCOc1ccc(F)cc1)C1CC2CCC(C1)N2C(=O)OCC1c2ccccc2-c2ccccc21. The Bertz CT molecular complexity index is 1250. The van der Waals surface area contributed by atoms with Crippen LogP contribution in [0, 0.1) is 11.7 Å². The number of carbonyl (C=O) groups excluding carboxylic acids is 2. The topological polar surface area (TPSA) is 55.8 Å². The highest BCUT2D eigenvalue weighted by Crippen LogP contribution is 2.45. The molecule has 2 bridgehead atoms. The molecule has 2 saturated heterocycles. The van der Waals surface area contributed by atoms with Crippen LogP contribution < -0.4 is 4.74 Å². The highest BCUT2D eigenvalue weighted by atomic mass is 19.1. The van der Waals surface area contributed by atoms with Crippen molar-refractivity contribution in [3.8, 4) is 16.9 Å². The molecule has 0 N–H and O–H groups in total. The largest absolute Gasteiger partial charge is 0.493 e. The molecule has 1 aliphatic carbocycles. The fourth-order valence-electron chi connectivity index (χ4n) is 6.41. The molecule has 190 valence electrons. The Balaban J connectivity index is 1.04. The molecule has 0 saturated carbocycles. The maximum absolute atomic E-state index is 13.2. The molecule has 1 amide bonds. The third-order valence-electron chi connectivity index (χ3n) is 8.17. The second-order valence-corrected chi connectivity index (χ2v) is 10.3. The first-order chi connectivity index (χ1) is 18.1. The molecule has 2 heterocycles. The highest BCUT2D eigenvalue weighted by molar-refractivity contribution is 5.82. The molecule has 3 aromatic rings. The average Bonchev–Trinajstić information content (AvgIpc) is 3.38. The maximum atomic E-state index is 13.2. The quantitative estimate of drug-likeness (QED) is 0.380. The summed E-state index contributed by atoms with van der Waals surface area (Å²) in [6.07, 6.45) is 3.22. The van der Waals surface area contributed by atoms with Gasteiger partial charge in [-0.2, -0.15) is 0 Å². The first kappa shape index (κ1) is 23.7. The smallest absolute Gasteiger partial charge is 0.410 e. The van der Waals surface area contributed by atoms with Gasteiger partial charge in [0.05, 0.1) is 6.61 Å². The van der Waals surface area contributed by atoms with Gasteiger partial charge in [0.1, 0.15) is 24.0 Å². The van der Waals surface area contributed by atoms with E-state index in [0.717, 1.165) is 12.8 Å². The van der Waals surface area contributed by atoms with Crippen molar-refractivity contribution in [2.24, 2.45) is 5.92 Å². The number of rotatable bonds is 7. The summed E-state index contributed by atoms with van der Waals surface area (Å²) in [7, 11) is 0. The van der Waals surface area contributed by atoms with Crippen LogP contribution in [0.4, 0.5) is 9.18 Å². The van der Waals surface area contributed by atoms with Gasteiger partial charge in [-0.25, -0.2) is 9.18 Å². The predicted molar refractivity (Wildman–Crippen MR) is 138 cm³/mol. The van der Waals surface area contributed by atoms with Crippen molar-refractivity contribution in [3.05, 3.63) is 89.7 Å². The third-order valence-corrected chi connectivity index (χ3v) is 8.17. The lowest BCUT2D eigenvalue weighted by molar-refractivity contribution is -0.125. The van der Waals surface area contributed by atoms with Crippen LogP contribution in [0.25, 0.3) is 11.1 Å². The standard InChI is InChI=1S/C31H30FNO4/c32-21-9-13-24(14-10-21)36-16-15-30(34)20-17-22-11-12-23(18-20)33(22)31(35)37-19-29-27-7-3-1-5-25(27)26-6-2-4-8-28(26)29/h1-10,13-14,20,22-23,29H,11-12,15-19H2. The number of piperidine rings is 1. The van der Waals surface area contributed by atoms with E-state index in [1.165, 1.54) is 34.4 Å². The van der Waals surface area contributed by atoms with E-state index in [1.54, 1.807) is 12.1 Å². The molecule has 2 fully saturated rings. The van der Waals surface area contributed by atoms with Gasteiger partial charge in [-0.05, 0) is 72.2 Å². The molecule has 5 nitrogen and oxygen atoms in total. The molecular weight excluding hydrogens is 469 g/mol. The number of ether oxygens (including phenoxy) is 2. The minimum atomic E-state index is -0.318. The number of benzene rings is 3. The normalized spacial score (nSPS) is 21.9. The molecule has 3 aliphatic rings. The number of fused-ring (bicyclic) bond motifs is 5. The van der Waals surface area contributed by atoms with Gasteiger partial charge in [0.25, 0.3) is 0 Å². The number of carbonyl (C=O) groups is 2. The Morgan fingerprint density at radius 2 is 1.43 bits per heavy atom. The summed E-state index contributed by atoms with van der Waals surface area (Å²) in [6.45, 7) is 0.582. The molecule has 0 radical (unpaired) electrons. The zero-order valence-electron chi connectivity index (χ0n) is 20.6. The first-order valence-corrected chi connectivity index (χ1v) is 13.1. The Labute approximate surface area is 216 Å².